The summed E-state index contributed by atoms with van der Waals surface area (Å²) in [6.07, 6.45) is 4.25. The Bertz CT molecular complexity index is 1270. The number of carbonyl (C=O) groups excluding carboxylic acids is 1. The Balaban J connectivity index is 1.66. The molecule has 3 N–H and O–H groups in total. The number of nitrogens with one attached hydrogen (secondary N) is 1. The molecule has 0 spiro atoms. The fourth-order valence-corrected chi connectivity index (χ4v) is 3.82. The van der Waals surface area contributed by atoms with Gasteiger partial charge in [-0.25, -0.2) is 23.5 Å². The summed E-state index contributed by atoms with van der Waals surface area (Å²) < 4.78 is 35.1. The molecule has 3 aromatic rings. The van der Waals surface area contributed by atoms with Crippen LogP contribution in [0.5, 0.6) is 0 Å². The van der Waals surface area contributed by atoms with E-state index < -0.39 is 21.5 Å². The van der Waals surface area contributed by atoms with Crippen molar-refractivity contribution in [3.8, 4) is 0 Å². The molecule has 1 atom stereocenters. The quantitative estimate of drug-likeness (QED) is 0.597. The SMILES string of the molecule is Cc1oc2ncn(C[C@@H]3CCCO3)c(=O)c2c1C(=O)Nc1ccc(S(N)(=O)=O)nc1. The maximum atomic E-state index is 13.0. The maximum absolute atomic E-state index is 13.0. The third-order valence-electron chi connectivity index (χ3n) is 4.79. The highest BCUT2D eigenvalue weighted by Crippen LogP contribution is 2.23. The van der Waals surface area contributed by atoms with E-state index in [9.17, 15) is 18.0 Å². The molecular formula is C18H19N5O6S. The third-order valence-corrected chi connectivity index (χ3v) is 5.62. The second-order valence-corrected chi connectivity index (χ2v) is 8.44. The molecule has 4 rings (SSSR count). The van der Waals surface area contributed by atoms with Gasteiger partial charge in [0.15, 0.2) is 5.03 Å². The highest BCUT2D eigenvalue weighted by Gasteiger charge is 2.24. The van der Waals surface area contributed by atoms with E-state index in [-0.39, 0.29) is 39.2 Å². The average molecular weight is 433 g/mol. The number of furan rings is 1. The number of carbonyl (C=O) groups is 1. The second kappa shape index (κ2) is 7.63. The highest BCUT2D eigenvalue weighted by atomic mass is 32.2. The molecule has 3 aromatic heterocycles. The zero-order chi connectivity index (χ0) is 21.5. The van der Waals surface area contributed by atoms with Crippen molar-refractivity contribution in [3.05, 3.63) is 46.3 Å². The zero-order valence-electron chi connectivity index (χ0n) is 16.0. The molecule has 1 amide bonds. The van der Waals surface area contributed by atoms with E-state index in [1.807, 2.05) is 0 Å². The number of amides is 1. The summed E-state index contributed by atoms with van der Waals surface area (Å²) in [7, 11) is -3.95. The number of sulfonamides is 1. The molecule has 0 bridgehead atoms. The molecule has 12 heteroatoms. The summed E-state index contributed by atoms with van der Waals surface area (Å²) >= 11 is 0. The molecule has 0 unspecified atom stereocenters. The highest BCUT2D eigenvalue weighted by molar-refractivity contribution is 7.89. The lowest BCUT2D eigenvalue weighted by atomic mass is 10.1. The van der Waals surface area contributed by atoms with Gasteiger partial charge in [0.25, 0.3) is 21.5 Å². The van der Waals surface area contributed by atoms with Crippen LogP contribution in [0, 0.1) is 6.92 Å². The Kier molecular flexibility index (Phi) is 5.13. The largest absolute Gasteiger partial charge is 0.442 e. The molecular weight excluding hydrogens is 414 g/mol. The van der Waals surface area contributed by atoms with Gasteiger partial charge in [-0.05, 0) is 31.9 Å². The van der Waals surface area contributed by atoms with E-state index >= 15 is 0 Å². The number of fused-ring (bicyclic) bond motifs is 1. The number of nitrogens with two attached hydrogens (primary N) is 1. The van der Waals surface area contributed by atoms with E-state index in [4.69, 9.17) is 14.3 Å². The number of anilines is 1. The molecule has 30 heavy (non-hydrogen) atoms. The van der Waals surface area contributed by atoms with Crippen LogP contribution in [0.4, 0.5) is 5.69 Å². The maximum Gasteiger partial charge on any atom is 0.265 e. The number of nitrogens with zero attached hydrogens (tertiary/aromatic N) is 3. The first-order valence-corrected chi connectivity index (χ1v) is 10.7. The summed E-state index contributed by atoms with van der Waals surface area (Å²) in [4.78, 5) is 33.7. The minimum absolute atomic E-state index is 0.0553. The van der Waals surface area contributed by atoms with Crippen molar-refractivity contribution in [2.75, 3.05) is 11.9 Å². The minimum atomic E-state index is -3.95. The smallest absolute Gasteiger partial charge is 0.265 e. The van der Waals surface area contributed by atoms with Crippen molar-refractivity contribution in [1.29, 1.82) is 0 Å². The molecule has 1 fully saturated rings. The number of primary sulfonamides is 1. The van der Waals surface area contributed by atoms with Crippen molar-refractivity contribution in [1.82, 2.24) is 14.5 Å². The molecule has 1 saturated heterocycles. The van der Waals surface area contributed by atoms with Crippen LogP contribution in [-0.2, 0) is 21.3 Å². The number of ether oxygens (including phenoxy) is 1. The van der Waals surface area contributed by atoms with Crippen LogP contribution in [0.1, 0.15) is 29.0 Å². The Morgan fingerprint density at radius 2 is 2.17 bits per heavy atom. The van der Waals surface area contributed by atoms with Gasteiger partial charge in [-0.1, -0.05) is 0 Å². The molecule has 0 aliphatic carbocycles. The van der Waals surface area contributed by atoms with E-state index in [0.717, 1.165) is 19.0 Å². The van der Waals surface area contributed by atoms with Gasteiger partial charge in [-0.3, -0.25) is 14.2 Å². The third kappa shape index (κ3) is 3.84. The lowest BCUT2D eigenvalue weighted by Crippen LogP contribution is -2.27. The minimum Gasteiger partial charge on any atom is -0.442 e. The molecule has 11 nitrogen and oxygen atoms in total. The van der Waals surface area contributed by atoms with Gasteiger partial charge in [0.2, 0.25) is 5.71 Å². The van der Waals surface area contributed by atoms with Crippen LogP contribution in [0.2, 0.25) is 0 Å². The van der Waals surface area contributed by atoms with E-state index in [1.165, 1.54) is 23.0 Å². The van der Waals surface area contributed by atoms with Gasteiger partial charge in [0.05, 0.1) is 30.1 Å². The predicted molar refractivity (Wildman–Crippen MR) is 106 cm³/mol. The molecule has 4 heterocycles. The number of pyridine rings is 1. The number of rotatable bonds is 5. The van der Waals surface area contributed by atoms with Gasteiger partial charge < -0.3 is 14.5 Å². The summed E-state index contributed by atoms with van der Waals surface area (Å²) in [6.45, 7) is 2.56. The van der Waals surface area contributed by atoms with E-state index in [2.05, 4.69) is 15.3 Å². The normalized spacial score (nSPS) is 16.8. The van der Waals surface area contributed by atoms with Crippen LogP contribution >= 0.6 is 0 Å². The van der Waals surface area contributed by atoms with Crippen LogP contribution in [0.3, 0.4) is 0 Å². The van der Waals surface area contributed by atoms with E-state index in [0.29, 0.717) is 13.2 Å². The predicted octanol–water partition coefficient (Wildman–Crippen LogP) is 0.772. The first-order chi connectivity index (χ1) is 14.2. The van der Waals surface area contributed by atoms with Crippen LogP contribution in [-0.4, -0.2) is 41.6 Å². The Morgan fingerprint density at radius 1 is 1.37 bits per heavy atom. The van der Waals surface area contributed by atoms with Crippen LogP contribution in [0.15, 0.2) is 38.9 Å². The van der Waals surface area contributed by atoms with Crippen molar-refractivity contribution >= 4 is 32.7 Å². The fourth-order valence-electron chi connectivity index (χ4n) is 3.36. The lowest BCUT2D eigenvalue weighted by Gasteiger charge is -2.11. The van der Waals surface area contributed by atoms with Crippen molar-refractivity contribution < 1.29 is 22.4 Å². The molecule has 0 radical (unpaired) electrons. The summed E-state index contributed by atoms with van der Waals surface area (Å²) in [6, 6.07) is 2.51. The molecule has 158 valence electrons. The lowest BCUT2D eigenvalue weighted by molar-refractivity contribution is 0.0960. The fraction of sp³-hybridized carbons (Fsp3) is 0.333. The van der Waals surface area contributed by atoms with E-state index in [1.54, 1.807) is 6.92 Å². The Hall–Kier alpha value is -3.09. The molecule has 0 saturated carbocycles. The van der Waals surface area contributed by atoms with Gasteiger partial charge in [0.1, 0.15) is 17.5 Å². The molecule has 1 aliphatic heterocycles. The number of hydrogen-bond acceptors (Lipinski definition) is 8. The monoisotopic (exact) mass is 433 g/mol. The van der Waals surface area contributed by atoms with Crippen molar-refractivity contribution in [3.63, 3.8) is 0 Å². The van der Waals surface area contributed by atoms with Crippen molar-refractivity contribution in [2.45, 2.75) is 37.4 Å². The van der Waals surface area contributed by atoms with Gasteiger partial charge in [-0.15, -0.1) is 0 Å². The first-order valence-electron chi connectivity index (χ1n) is 9.14. The van der Waals surface area contributed by atoms with Crippen LogP contribution in [0.25, 0.3) is 11.1 Å². The molecule has 1 aliphatic rings. The standard InChI is InChI=1S/C18H19N5O6S/c1-10-14(16(24)22-11-4-5-13(20-7-11)30(19,26)27)15-17(29-10)21-9-23(18(15)25)8-12-3-2-6-28-12/h4-5,7,9,12H,2-3,6,8H2,1H3,(H,22,24)(H2,19,26,27)/t12-/m0/s1. The Morgan fingerprint density at radius 3 is 2.80 bits per heavy atom. The van der Waals surface area contributed by atoms with Gasteiger partial charge in [0, 0.05) is 6.61 Å². The average Bonchev–Trinajstić information content (AvgIpc) is 3.31. The summed E-state index contributed by atoms with van der Waals surface area (Å²) in [5.41, 5.74) is -0.0569. The van der Waals surface area contributed by atoms with Crippen molar-refractivity contribution in [2.24, 2.45) is 5.14 Å². The number of aromatic nitrogens is 3. The zero-order valence-corrected chi connectivity index (χ0v) is 16.8. The summed E-state index contributed by atoms with van der Waals surface area (Å²) in [5, 5.41) is 7.33. The number of hydrogen-bond donors (Lipinski definition) is 2. The van der Waals surface area contributed by atoms with Gasteiger partial charge in [-0.2, -0.15) is 0 Å². The molecule has 0 aromatic carbocycles. The first kappa shape index (κ1) is 20.2. The van der Waals surface area contributed by atoms with Crippen LogP contribution < -0.4 is 16.0 Å². The number of aryl methyl sites for hydroxylation is 1. The van der Waals surface area contributed by atoms with Gasteiger partial charge >= 0.3 is 0 Å². The Labute approximate surface area is 170 Å². The second-order valence-electron chi connectivity index (χ2n) is 6.93. The summed E-state index contributed by atoms with van der Waals surface area (Å²) in [5.74, 6) is -0.374. The topological polar surface area (TPSA) is 159 Å².